The van der Waals surface area contributed by atoms with Gasteiger partial charge in [-0.2, -0.15) is 0 Å². The molecule has 5 N–H and O–H groups in total. The van der Waals surface area contributed by atoms with Crippen molar-refractivity contribution in [1.82, 2.24) is 25.4 Å². The highest BCUT2D eigenvalue weighted by molar-refractivity contribution is 8.01. The van der Waals surface area contributed by atoms with Crippen molar-refractivity contribution in [3.8, 4) is 0 Å². The highest BCUT2D eigenvalue weighted by atomic mass is 32.2. The van der Waals surface area contributed by atoms with Crippen LogP contribution in [0.4, 0.5) is 0 Å². The summed E-state index contributed by atoms with van der Waals surface area (Å²) in [6, 6.07) is -0.955. The van der Waals surface area contributed by atoms with Gasteiger partial charge >= 0.3 is 5.97 Å². The number of thiazole rings is 1. The molecule has 2 aliphatic rings. The number of β-lactam (4-membered cyclic amide) rings is 1. The molecule has 2 unspecified atom stereocenters. The molecule has 0 aliphatic carbocycles. The standard InChI is InChI=1S/C16H16N6O6S3/c1-5-20-21-16(28-5)31-3-6-2-29-13-8(12(25)22(13)9(6)14(26)27)19-11(24)10(23)7-4-30-15(17)18-7/h4,8,10,13,23H,2-3H2,1H3,(H2,17,18)(H,19,24)(H,26,27)/t8?,10?,13-/m1/s1. The number of amides is 2. The average Bonchev–Trinajstić information content (AvgIpc) is 3.36. The van der Waals surface area contributed by atoms with E-state index in [1.54, 1.807) is 6.92 Å². The summed E-state index contributed by atoms with van der Waals surface area (Å²) in [6.07, 6.45) is -1.56. The summed E-state index contributed by atoms with van der Waals surface area (Å²) in [5, 5.41) is 38.5. The molecule has 4 heterocycles. The zero-order valence-electron chi connectivity index (χ0n) is 15.8. The number of H-pyrrole nitrogens is 1. The Balaban J connectivity index is 1.46. The summed E-state index contributed by atoms with van der Waals surface area (Å²) in [7, 11) is 0. The molecule has 0 aromatic carbocycles. The molecule has 0 saturated carbocycles. The van der Waals surface area contributed by atoms with Gasteiger partial charge in [-0.25, -0.2) is 4.79 Å². The van der Waals surface area contributed by atoms with Gasteiger partial charge in [-0.3, -0.25) is 19.9 Å². The highest BCUT2D eigenvalue weighted by Gasteiger charge is 2.54. The number of nitrogens with one attached hydrogen (secondary N) is 3. The Bertz CT molecular complexity index is 1140. The molecule has 1 fully saturated rings. The van der Waals surface area contributed by atoms with Crippen LogP contribution < -0.4 is 10.1 Å². The van der Waals surface area contributed by atoms with Gasteiger partial charge in [0.15, 0.2) is 10.9 Å². The molecule has 3 atom stereocenters. The number of fused-ring (bicyclic) bond motifs is 1. The molecular formula is C16H16N6O6S3. The molecule has 164 valence electrons. The van der Waals surface area contributed by atoms with E-state index in [1.165, 1.54) is 28.9 Å². The van der Waals surface area contributed by atoms with E-state index in [1.807, 2.05) is 0 Å². The second kappa shape index (κ2) is 8.49. The normalized spacial score (nSPS) is 21.5. The number of rotatable bonds is 7. The van der Waals surface area contributed by atoms with Crippen LogP contribution in [0.15, 0.2) is 26.3 Å². The van der Waals surface area contributed by atoms with Crippen molar-refractivity contribution in [3.05, 3.63) is 33.0 Å². The quantitative estimate of drug-likeness (QED) is 0.260. The third-order valence-electron chi connectivity index (χ3n) is 4.53. The molecular weight excluding hydrogens is 468 g/mol. The number of nitrogens with zero attached hydrogens (tertiary/aromatic N) is 3. The number of carbonyl (C=O) groups excluding carboxylic acids is 2. The Morgan fingerprint density at radius 3 is 2.90 bits per heavy atom. The maximum atomic E-state index is 12.7. The van der Waals surface area contributed by atoms with E-state index in [2.05, 4.69) is 20.5 Å². The molecule has 0 bridgehead atoms. The number of aromatic nitrogens is 3. The number of carbonyl (C=O) groups is 3. The molecule has 2 aromatic rings. The first-order valence-corrected chi connectivity index (χ1v) is 11.7. The first kappa shape index (κ1) is 21.6. The molecule has 2 amide bonds. The van der Waals surface area contributed by atoms with Crippen LogP contribution in [-0.2, 0) is 14.4 Å². The Kier molecular flexibility index (Phi) is 5.92. The second-order valence-corrected chi connectivity index (χ2v) is 9.49. The number of aliphatic hydroxyl groups is 1. The monoisotopic (exact) mass is 484 g/mol. The van der Waals surface area contributed by atoms with Crippen molar-refractivity contribution in [2.45, 2.75) is 29.7 Å². The summed E-state index contributed by atoms with van der Waals surface area (Å²) < 4.78 is 5.27. The second-order valence-electron chi connectivity index (χ2n) is 6.58. The van der Waals surface area contributed by atoms with E-state index in [9.17, 15) is 24.6 Å². The Morgan fingerprint density at radius 1 is 1.52 bits per heavy atom. The lowest BCUT2D eigenvalue weighted by atomic mass is 10.0. The lowest BCUT2D eigenvalue weighted by Gasteiger charge is -2.49. The van der Waals surface area contributed by atoms with Crippen LogP contribution in [0.25, 0.3) is 0 Å². The van der Waals surface area contributed by atoms with Gasteiger partial charge in [-0.05, 0) is 5.57 Å². The van der Waals surface area contributed by atoms with Crippen LogP contribution in [0.3, 0.4) is 0 Å². The molecule has 4 rings (SSSR count). The maximum Gasteiger partial charge on any atom is 0.352 e. The third-order valence-corrected chi connectivity index (χ3v) is 7.48. The number of hydrogen-bond donors (Lipinski definition) is 5. The first-order valence-electron chi connectivity index (χ1n) is 8.80. The topological polar surface area (TPSA) is 185 Å². The number of aliphatic hydroxyl groups excluding tert-OH is 1. The minimum Gasteiger partial charge on any atom is -0.477 e. The number of aliphatic carboxylic acids is 1. The third kappa shape index (κ3) is 4.13. The maximum absolute atomic E-state index is 12.7. The van der Waals surface area contributed by atoms with Gasteiger partial charge in [0.2, 0.25) is 5.89 Å². The van der Waals surface area contributed by atoms with Crippen LogP contribution in [0.2, 0.25) is 0 Å². The van der Waals surface area contributed by atoms with E-state index < -0.39 is 35.3 Å². The van der Waals surface area contributed by atoms with Gasteiger partial charge in [0.25, 0.3) is 17.0 Å². The molecule has 0 radical (unpaired) electrons. The minimum absolute atomic E-state index is 0.0768. The SMILES string of the molecule is Cc1nnc(SCC2=C(C(=O)O)N3C(=O)C(NC(=O)C(O)c4csc(=N)[nH]4)[C@H]3SC2)o1. The van der Waals surface area contributed by atoms with E-state index >= 15 is 0 Å². The number of aryl methyl sites for hydroxylation is 1. The van der Waals surface area contributed by atoms with Crippen LogP contribution >= 0.6 is 34.9 Å². The van der Waals surface area contributed by atoms with Gasteiger partial charge in [0.1, 0.15) is 17.1 Å². The fourth-order valence-corrected chi connectivity index (χ4v) is 6.00. The number of thioether (sulfide) groups is 2. The Labute approximate surface area is 186 Å². The van der Waals surface area contributed by atoms with Crippen molar-refractivity contribution < 1.29 is 29.0 Å². The summed E-state index contributed by atoms with van der Waals surface area (Å²) in [6.45, 7) is 1.65. The zero-order valence-corrected chi connectivity index (χ0v) is 18.3. The summed E-state index contributed by atoms with van der Waals surface area (Å²) >= 11 is 3.52. The Hall–Kier alpha value is -2.62. The van der Waals surface area contributed by atoms with Crippen LogP contribution in [0.1, 0.15) is 17.7 Å². The average molecular weight is 485 g/mol. The number of carboxylic acids is 1. The molecule has 15 heteroatoms. The molecule has 31 heavy (non-hydrogen) atoms. The molecule has 0 spiro atoms. The zero-order chi connectivity index (χ0) is 22.3. The van der Waals surface area contributed by atoms with Gasteiger partial charge in [0, 0.05) is 23.8 Å². The fourth-order valence-electron chi connectivity index (χ4n) is 3.10. The number of aromatic amines is 1. The van der Waals surface area contributed by atoms with Gasteiger partial charge in [-0.15, -0.1) is 33.3 Å². The summed E-state index contributed by atoms with van der Waals surface area (Å²) in [5.41, 5.74) is 0.561. The van der Waals surface area contributed by atoms with E-state index in [-0.39, 0.29) is 21.9 Å². The van der Waals surface area contributed by atoms with Crippen LogP contribution in [0, 0.1) is 12.3 Å². The number of hydrogen-bond acceptors (Lipinski definition) is 11. The van der Waals surface area contributed by atoms with Gasteiger partial charge in [-0.1, -0.05) is 11.8 Å². The van der Waals surface area contributed by atoms with Crippen LogP contribution in [0.5, 0.6) is 0 Å². The largest absolute Gasteiger partial charge is 0.477 e. The van der Waals surface area contributed by atoms with Crippen molar-refractivity contribution in [3.63, 3.8) is 0 Å². The van der Waals surface area contributed by atoms with Gasteiger partial charge in [0.05, 0.1) is 5.69 Å². The molecule has 1 saturated heterocycles. The van der Waals surface area contributed by atoms with Crippen molar-refractivity contribution >= 4 is 52.6 Å². The lowest BCUT2D eigenvalue weighted by molar-refractivity contribution is -0.151. The predicted octanol–water partition coefficient (Wildman–Crippen LogP) is -0.189. The molecule has 2 aliphatic heterocycles. The minimum atomic E-state index is -1.56. The van der Waals surface area contributed by atoms with E-state index in [0.717, 1.165) is 16.2 Å². The predicted molar refractivity (Wildman–Crippen MR) is 109 cm³/mol. The van der Waals surface area contributed by atoms with Crippen molar-refractivity contribution in [2.75, 3.05) is 11.5 Å². The fraction of sp³-hybridized carbons (Fsp3) is 0.375. The van der Waals surface area contributed by atoms with E-state index in [4.69, 9.17) is 9.83 Å². The van der Waals surface area contributed by atoms with E-state index in [0.29, 0.717) is 22.4 Å². The molecule has 12 nitrogen and oxygen atoms in total. The van der Waals surface area contributed by atoms with Crippen LogP contribution in [-0.4, -0.2) is 71.0 Å². The van der Waals surface area contributed by atoms with Crippen molar-refractivity contribution in [2.24, 2.45) is 0 Å². The van der Waals surface area contributed by atoms with Crippen molar-refractivity contribution in [1.29, 1.82) is 5.41 Å². The smallest absolute Gasteiger partial charge is 0.352 e. The first-order chi connectivity index (χ1) is 14.8. The summed E-state index contributed by atoms with van der Waals surface area (Å²) in [5.74, 6) is -1.62. The molecule has 2 aromatic heterocycles. The Morgan fingerprint density at radius 2 is 2.29 bits per heavy atom. The van der Waals surface area contributed by atoms with Gasteiger partial charge < -0.3 is 24.9 Å². The lowest BCUT2D eigenvalue weighted by Crippen LogP contribution is -2.70. The highest BCUT2D eigenvalue weighted by Crippen LogP contribution is 2.41. The summed E-state index contributed by atoms with van der Waals surface area (Å²) in [4.78, 5) is 40.7. The number of carboxylic acid groups (broad SMARTS) is 1.